The molecule has 2 nitrogen and oxygen atoms in total. The van der Waals surface area contributed by atoms with Gasteiger partial charge in [0, 0.05) is 17.1 Å². The smallest absolute Gasteiger partial charge is 0.0540 e. The molecule has 1 aliphatic rings. The van der Waals surface area contributed by atoms with Crippen molar-refractivity contribution in [3.8, 4) is 0 Å². The Morgan fingerprint density at radius 2 is 1.32 bits per heavy atom. The number of aliphatic hydroxyl groups is 1. The summed E-state index contributed by atoms with van der Waals surface area (Å²) in [6.45, 7) is 4.48. The van der Waals surface area contributed by atoms with Crippen LogP contribution in [0.3, 0.4) is 0 Å². The molecule has 0 spiro atoms. The van der Waals surface area contributed by atoms with Crippen LogP contribution in [0.4, 0.5) is 17.1 Å². The molecule has 2 heteroatoms. The van der Waals surface area contributed by atoms with Crippen LogP contribution in [0, 0.1) is 12.8 Å². The van der Waals surface area contributed by atoms with Crippen molar-refractivity contribution in [2.45, 2.75) is 64.4 Å². The van der Waals surface area contributed by atoms with Gasteiger partial charge in [0.05, 0.1) is 6.10 Å². The molecular formula is C29H35NO. The van der Waals surface area contributed by atoms with Crippen LogP contribution in [0.2, 0.25) is 0 Å². The Morgan fingerprint density at radius 1 is 0.774 bits per heavy atom. The van der Waals surface area contributed by atoms with Crippen molar-refractivity contribution in [3.63, 3.8) is 0 Å². The van der Waals surface area contributed by atoms with Gasteiger partial charge in [-0.3, -0.25) is 0 Å². The van der Waals surface area contributed by atoms with Crippen LogP contribution >= 0.6 is 0 Å². The molecule has 1 aliphatic carbocycles. The van der Waals surface area contributed by atoms with E-state index in [4.69, 9.17) is 0 Å². The first kappa shape index (κ1) is 21.6. The predicted molar refractivity (Wildman–Crippen MR) is 131 cm³/mol. The van der Waals surface area contributed by atoms with Gasteiger partial charge in [0.15, 0.2) is 0 Å². The van der Waals surface area contributed by atoms with E-state index in [-0.39, 0.29) is 6.10 Å². The molecular weight excluding hydrogens is 378 g/mol. The van der Waals surface area contributed by atoms with E-state index in [1.54, 1.807) is 0 Å². The van der Waals surface area contributed by atoms with E-state index in [2.05, 4.69) is 97.6 Å². The van der Waals surface area contributed by atoms with Gasteiger partial charge in [0.1, 0.15) is 0 Å². The molecule has 31 heavy (non-hydrogen) atoms. The van der Waals surface area contributed by atoms with Crippen molar-refractivity contribution >= 4 is 17.1 Å². The van der Waals surface area contributed by atoms with E-state index in [1.807, 2.05) is 0 Å². The molecule has 0 aromatic heterocycles. The number of benzene rings is 3. The Balaban J connectivity index is 1.48. The zero-order valence-electron chi connectivity index (χ0n) is 18.9. The highest BCUT2D eigenvalue weighted by atomic mass is 16.3. The van der Waals surface area contributed by atoms with Crippen molar-refractivity contribution in [1.82, 2.24) is 0 Å². The SMILES string of the molecule is Cc1ccc(N(c2ccccc2)c2ccc(C(C)CCC3CCC(O)CC3)cc2)cc1. The Bertz CT molecular complexity index is 925. The number of hydrogen-bond acceptors (Lipinski definition) is 2. The maximum atomic E-state index is 9.73. The first-order valence-electron chi connectivity index (χ1n) is 11.8. The lowest BCUT2D eigenvalue weighted by Crippen LogP contribution is -2.18. The van der Waals surface area contributed by atoms with Gasteiger partial charge in [0.2, 0.25) is 0 Å². The molecule has 3 aromatic rings. The van der Waals surface area contributed by atoms with Crippen LogP contribution < -0.4 is 4.90 Å². The van der Waals surface area contributed by atoms with Gasteiger partial charge < -0.3 is 10.0 Å². The normalized spacial score (nSPS) is 19.7. The van der Waals surface area contributed by atoms with Crippen molar-refractivity contribution in [2.24, 2.45) is 5.92 Å². The average molecular weight is 414 g/mol. The molecule has 0 amide bonds. The molecule has 162 valence electrons. The van der Waals surface area contributed by atoms with Crippen LogP contribution in [0.5, 0.6) is 0 Å². The Morgan fingerprint density at radius 3 is 1.94 bits per heavy atom. The fourth-order valence-electron chi connectivity index (χ4n) is 4.76. The number of hydrogen-bond donors (Lipinski definition) is 1. The quantitative estimate of drug-likeness (QED) is 0.425. The summed E-state index contributed by atoms with van der Waals surface area (Å²) in [5, 5.41) is 9.73. The second-order valence-electron chi connectivity index (χ2n) is 9.25. The first-order valence-corrected chi connectivity index (χ1v) is 11.8. The van der Waals surface area contributed by atoms with Crippen molar-refractivity contribution < 1.29 is 5.11 Å². The minimum Gasteiger partial charge on any atom is -0.393 e. The van der Waals surface area contributed by atoms with Crippen LogP contribution in [0.25, 0.3) is 0 Å². The van der Waals surface area contributed by atoms with Gasteiger partial charge in [-0.25, -0.2) is 0 Å². The predicted octanol–water partition coefficient (Wildman–Crippen LogP) is 7.90. The molecule has 4 rings (SSSR count). The van der Waals surface area contributed by atoms with Crippen LogP contribution in [-0.2, 0) is 0 Å². The maximum Gasteiger partial charge on any atom is 0.0540 e. The molecule has 0 saturated heterocycles. The molecule has 1 fully saturated rings. The van der Waals surface area contributed by atoms with Gasteiger partial charge in [0.25, 0.3) is 0 Å². The fraction of sp³-hybridized carbons (Fsp3) is 0.379. The van der Waals surface area contributed by atoms with E-state index in [0.717, 1.165) is 18.8 Å². The van der Waals surface area contributed by atoms with E-state index < -0.39 is 0 Å². The molecule has 0 heterocycles. The van der Waals surface area contributed by atoms with E-state index in [9.17, 15) is 5.11 Å². The van der Waals surface area contributed by atoms with E-state index >= 15 is 0 Å². The van der Waals surface area contributed by atoms with Crippen LogP contribution in [-0.4, -0.2) is 11.2 Å². The summed E-state index contributed by atoms with van der Waals surface area (Å²) in [6, 6.07) is 28.4. The third-order valence-electron chi connectivity index (χ3n) is 6.85. The van der Waals surface area contributed by atoms with Crippen molar-refractivity contribution in [2.75, 3.05) is 4.90 Å². The summed E-state index contributed by atoms with van der Waals surface area (Å²) >= 11 is 0. The minimum absolute atomic E-state index is 0.0534. The first-order chi connectivity index (χ1) is 15.1. The number of anilines is 3. The average Bonchev–Trinajstić information content (AvgIpc) is 2.81. The zero-order valence-corrected chi connectivity index (χ0v) is 18.9. The van der Waals surface area contributed by atoms with Crippen molar-refractivity contribution in [1.29, 1.82) is 0 Å². The Kier molecular flexibility index (Phi) is 7.09. The fourth-order valence-corrected chi connectivity index (χ4v) is 4.76. The Hall–Kier alpha value is -2.58. The lowest BCUT2D eigenvalue weighted by atomic mass is 9.82. The number of aryl methyl sites for hydroxylation is 1. The zero-order chi connectivity index (χ0) is 21.6. The van der Waals surface area contributed by atoms with Gasteiger partial charge >= 0.3 is 0 Å². The van der Waals surface area contributed by atoms with E-state index in [1.165, 1.54) is 53.9 Å². The van der Waals surface area contributed by atoms with E-state index in [0.29, 0.717) is 5.92 Å². The summed E-state index contributed by atoms with van der Waals surface area (Å²) in [7, 11) is 0. The highest BCUT2D eigenvalue weighted by molar-refractivity contribution is 5.76. The minimum atomic E-state index is -0.0534. The van der Waals surface area contributed by atoms with Crippen molar-refractivity contribution in [3.05, 3.63) is 90.0 Å². The second kappa shape index (κ2) is 10.2. The molecule has 1 N–H and O–H groups in total. The number of aliphatic hydroxyl groups excluding tert-OH is 1. The van der Waals surface area contributed by atoms with Crippen LogP contribution in [0.15, 0.2) is 78.9 Å². The number of nitrogens with zero attached hydrogens (tertiary/aromatic N) is 1. The lowest BCUT2D eigenvalue weighted by molar-refractivity contribution is 0.105. The monoisotopic (exact) mass is 413 g/mol. The van der Waals surface area contributed by atoms with Gasteiger partial charge in [-0.1, -0.05) is 55.0 Å². The molecule has 1 unspecified atom stereocenters. The highest BCUT2D eigenvalue weighted by Gasteiger charge is 2.20. The number of rotatable bonds is 7. The molecule has 0 bridgehead atoms. The highest BCUT2D eigenvalue weighted by Crippen LogP contribution is 2.36. The topological polar surface area (TPSA) is 23.5 Å². The summed E-state index contributed by atoms with van der Waals surface area (Å²) in [5.74, 6) is 1.35. The molecule has 1 saturated carbocycles. The largest absolute Gasteiger partial charge is 0.393 e. The van der Waals surface area contributed by atoms with Gasteiger partial charge in [-0.15, -0.1) is 0 Å². The molecule has 0 aliphatic heterocycles. The molecule has 0 radical (unpaired) electrons. The second-order valence-corrected chi connectivity index (χ2v) is 9.25. The maximum absolute atomic E-state index is 9.73. The van der Waals surface area contributed by atoms with Crippen LogP contribution in [0.1, 0.15) is 62.5 Å². The Labute approximate surface area is 187 Å². The summed E-state index contributed by atoms with van der Waals surface area (Å²) in [6.07, 6.45) is 6.80. The lowest BCUT2D eigenvalue weighted by Gasteiger charge is -2.27. The summed E-state index contributed by atoms with van der Waals surface area (Å²) in [4.78, 5) is 2.32. The van der Waals surface area contributed by atoms with Gasteiger partial charge in [-0.05, 0) is 99.2 Å². The van der Waals surface area contributed by atoms with Gasteiger partial charge in [-0.2, -0.15) is 0 Å². The standard InChI is InChI=1S/C29H35NO/c1-22-8-16-27(17-9-22)30(26-6-4-3-5-7-26)28-18-14-25(15-19-28)23(2)10-11-24-12-20-29(31)21-13-24/h3-9,14-19,23-24,29,31H,10-13,20-21H2,1-2H3. The molecule has 1 atom stereocenters. The molecule has 3 aromatic carbocycles. The third kappa shape index (κ3) is 5.57. The number of para-hydroxylation sites is 1. The third-order valence-corrected chi connectivity index (χ3v) is 6.85. The summed E-state index contributed by atoms with van der Waals surface area (Å²) in [5.41, 5.74) is 6.22. The summed E-state index contributed by atoms with van der Waals surface area (Å²) < 4.78 is 0.